The Morgan fingerprint density at radius 1 is 0.654 bits per heavy atom. The van der Waals surface area contributed by atoms with Crippen LogP contribution < -0.4 is 9.47 Å². The van der Waals surface area contributed by atoms with Gasteiger partial charge in [0.25, 0.3) is 0 Å². The van der Waals surface area contributed by atoms with Crippen LogP contribution in [0.1, 0.15) is 36.8 Å². The smallest absolute Gasteiger partial charge is 0.127 e. The van der Waals surface area contributed by atoms with Crippen LogP contribution >= 0.6 is 0 Å². The highest BCUT2D eigenvalue weighted by atomic mass is 16.5. The number of aliphatic imine (C=N–C) groups is 2. The molecule has 0 atom stereocenters. The predicted octanol–water partition coefficient (Wildman–Crippen LogP) is 4.80. The molecular formula is C22H28N2O2. The summed E-state index contributed by atoms with van der Waals surface area (Å²) in [5, 5.41) is 0. The van der Waals surface area contributed by atoms with Gasteiger partial charge in [-0.3, -0.25) is 9.98 Å². The minimum atomic E-state index is 0.850. The van der Waals surface area contributed by atoms with Crippen molar-refractivity contribution in [2.24, 2.45) is 9.98 Å². The Labute approximate surface area is 156 Å². The van der Waals surface area contributed by atoms with Gasteiger partial charge in [-0.15, -0.1) is 0 Å². The van der Waals surface area contributed by atoms with E-state index in [0.717, 1.165) is 48.6 Å². The quantitative estimate of drug-likeness (QED) is 0.430. The molecule has 0 fully saturated rings. The molecule has 0 spiro atoms. The average molecular weight is 352 g/mol. The topological polar surface area (TPSA) is 43.2 Å². The number of rotatable bonds is 11. The van der Waals surface area contributed by atoms with Crippen LogP contribution in [0, 0.1) is 0 Å². The van der Waals surface area contributed by atoms with Gasteiger partial charge < -0.3 is 9.47 Å². The van der Waals surface area contributed by atoms with E-state index in [2.05, 4.69) is 9.98 Å². The van der Waals surface area contributed by atoms with Gasteiger partial charge in [0.15, 0.2) is 0 Å². The number of unbranched alkanes of at least 4 members (excludes halogenated alkanes) is 3. The fraction of sp³-hybridized carbons (Fsp3) is 0.364. The zero-order valence-electron chi connectivity index (χ0n) is 15.7. The van der Waals surface area contributed by atoms with Crippen molar-refractivity contribution in [2.45, 2.75) is 25.7 Å². The number of ether oxygens (including phenoxy) is 2. The lowest BCUT2D eigenvalue weighted by molar-refractivity contribution is 0.414. The molecule has 138 valence electrons. The molecule has 0 saturated carbocycles. The van der Waals surface area contributed by atoms with E-state index in [1.54, 1.807) is 14.2 Å². The molecule has 0 saturated heterocycles. The van der Waals surface area contributed by atoms with Crippen molar-refractivity contribution in [3.63, 3.8) is 0 Å². The second-order valence-electron chi connectivity index (χ2n) is 5.97. The second-order valence-corrected chi connectivity index (χ2v) is 5.97. The standard InChI is InChI=1S/C22H28N2O2/c1-25-21-13-7-5-11-19(21)17-23-15-9-3-4-10-16-24-18-20-12-6-8-14-22(20)26-2/h5-8,11-14,17-18H,3-4,9-10,15-16H2,1-2H3. The minimum absolute atomic E-state index is 0.850. The first kappa shape index (κ1) is 19.7. The zero-order valence-corrected chi connectivity index (χ0v) is 15.7. The van der Waals surface area contributed by atoms with Crippen LogP contribution in [0.2, 0.25) is 0 Å². The summed E-state index contributed by atoms with van der Waals surface area (Å²) >= 11 is 0. The Balaban J connectivity index is 1.58. The highest BCUT2D eigenvalue weighted by Crippen LogP contribution is 2.15. The fourth-order valence-corrected chi connectivity index (χ4v) is 2.63. The van der Waals surface area contributed by atoms with Gasteiger partial charge in [0, 0.05) is 36.6 Å². The Morgan fingerprint density at radius 2 is 1.08 bits per heavy atom. The molecule has 26 heavy (non-hydrogen) atoms. The highest BCUT2D eigenvalue weighted by Gasteiger charge is 1.98. The Morgan fingerprint density at radius 3 is 1.50 bits per heavy atom. The molecule has 2 aromatic carbocycles. The monoisotopic (exact) mass is 352 g/mol. The molecule has 0 unspecified atom stereocenters. The summed E-state index contributed by atoms with van der Waals surface area (Å²) in [5.41, 5.74) is 2.06. The van der Waals surface area contributed by atoms with Crippen molar-refractivity contribution in [3.05, 3.63) is 59.7 Å². The maximum Gasteiger partial charge on any atom is 0.127 e. The molecule has 0 aromatic heterocycles. The van der Waals surface area contributed by atoms with Crippen molar-refractivity contribution in [1.29, 1.82) is 0 Å². The third-order valence-electron chi connectivity index (χ3n) is 4.06. The van der Waals surface area contributed by atoms with E-state index in [9.17, 15) is 0 Å². The molecule has 0 N–H and O–H groups in total. The first-order valence-electron chi connectivity index (χ1n) is 9.11. The van der Waals surface area contributed by atoms with Crippen molar-refractivity contribution >= 4 is 12.4 Å². The fourth-order valence-electron chi connectivity index (χ4n) is 2.63. The van der Waals surface area contributed by atoms with Gasteiger partial charge in [0.2, 0.25) is 0 Å². The van der Waals surface area contributed by atoms with Crippen LogP contribution in [0.3, 0.4) is 0 Å². The van der Waals surface area contributed by atoms with Gasteiger partial charge in [-0.05, 0) is 37.1 Å². The van der Waals surface area contributed by atoms with Gasteiger partial charge in [-0.25, -0.2) is 0 Å². The number of hydrogen-bond donors (Lipinski definition) is 0. The lowest BCUT2D eigenvalue weighted by atomic mass is 10.2. The number of hydrogen-bond acceptors (Lipinski definition) is 4. The normalized spacial score (nSPS) is 11.3. The summed E-state index contributed by atoms with van der Waals surface area (Å²) < 4.78 is 10.6. The van der Waals surface area contributed by atoms with E-state index >= 15 is 0 Å². The van der Waals surface area contributed by atoms with Gasteiger partial charge in [-0.1, -0.05) is 37.1 Å². The van der Waals surface area contributed by atoms with E-state index in [0.29, 0.717) is 0 Å². The van der Waals surface area contributed by atoms with E-state index in [4.69, 9.17) is 9.47 Å². The molecule has 0 radical (unpaired) electrons. The largest absolute Gasteiger partial charge is 0.496 e. The third-order valence-corrected chi connectivity index (χ3v) is 4.06. The number of nitrogens with zero attached hydrogens (tertiary/aromatic N) is 2. The summed E-state index contributed by atoms with van der Waals surface area (Å²) in [5.74, 6) is 1.73. The summed E-state index contributed by atoms with van der Waals surface area (Å²) in [7, 11) is 3.37. The first-order chi connectivity index (χ1) is 12.8. The summed E-state index contributed by atoms with van der Waals surface area (Å²) in [6.07, 6.45) is 8.34. The lowest BCUT2D eigenvalue weighted by Gasteiger charge is -2.03. The molecule has 4 nitrogen and oxygen atoms in total. The Kier molecular flexibility index (Phi) is 8.98. The van der Waals surface area contributed by atoms with E-state index in [1.165, 1.54) is 12.8 Å². The van der Waals surface area contributed by atoms with Gasteiger partial charge >= 0.3 is 0 Å². The molecule has 2 aromatic rings. The van der Waals surface area contributed by atoms with Crippen molar-refractivity contribution in [2.75, 3.05) is 27.3 Å². The summed E-state index contributed by atoms with van der Waals surface area (Å²) in [4.78, 5) is 8.99. The van der Waals surface area contributed by atoms with Crippen molar-refractivity contribution in [3.8, 4) is 11.5 Å². The summed E-state index contributed by atoms with van der Waals surface area (Å²) in [6, 6.07) is 15.9. The zero-order chi connectivity index (χ0) is 18.5. The molecule has 0 aliphatic carbocycles. The summed E-state index contributed by atoms with van der Waals surface area (Å²) in [6.45, 7) is 1.70. The minimum Gasteiger partial charge on any atom is -0.496 e. The maximum atomic E-state index is 5.31. The molecule has 0 heterocycles. The van der Waals surface area contributed by atoms with Crippen LogP contribution in [-0.4, -0.2) is 39.7 Å². The molecular weight excluding hydrogens is 324 g/mol. The van der Waals surface area contributed by atoms with Gasteiger partial charge in [-0.2, -0.15) is 0 Å². The molecule has 0 bridgehead atoms. The SMILES string of the molecule is COc1ccccc1C=NCCCCCCN=Cc1ccccc1OC. The Bertz CT molecular complexity index is 649. The van der Waals surface area contributed by atoms with E-state index in [-0.39, 0.29) is 0 Å². The molecule has 2 rings (SSSR count). The van der Waals surface area contributed by atoms with Crippen LogP contribution in [0.4, 0.5) is 0 Å². The second kappa shape index (κ2) is 11.9. The van der Waals surface area contributed by atoms with Crippen molar-refractivity contribution in [1.82, 2.24) is 0 Å². The predicted molar refractivity (Wildman–Crippen MR) is 109 cm³/mol. The number of benzene rings is 2. The molecule has 0 aliphatic heterocycles. The molecule has 4 heteroatoms. The Hall–Kier alpha value is -2.62. The number of para-hydroxylation sites is 2. The first-order valence-corrected chi connectivity index (χ1v) is 9.11. The van der Waals surface area contributed by atoms with Crippen LogP contribution in [-0.2, 0) is 0 Å². The van der Waals surface area contributed by atoms with Gasteiger partial charge in [0.05, 0.1) is 14.2 Å². The molecule has 0 amide bonds. The molecule has 0 aliphatic rings. The van der Waals surface area contributed by atoms with Crippen LogP contribution in [0.25, 0.3) is 0 Å². The van der Waals surface area contributed by atoms with Gasteiger partial charge in [0.1, 0.15) is 11.5 Å². The van der Waals surface area contributed by atoms with Crippen LogP contribution in [0.15, 0.2) is 58.5 Å². The number of methoxy groups -OCH3 is 2. The van der Waals surface area contributed by atoms with Crippen molar-refractivity contribution < 1.29 is 9.47 Å². The highest BCUT2D eigenvalue weighted by molar-refractivity contribution is 5.83. The third kappa shape index (κ3) is 6.71. The lowest BCUT2D eigenvalue weighted by Crippen LogP contribution is -1.92. The average Bonchev–Trinajstić information content (AvgIpc) is 2.70. The maximum absolute atomic E-state index is 5.31. The van der Waals surface area contributed by atoms with E-state index < -0.39 is 0 Å². The van der Waals surface area contributed by atoms with E-state index in [1.807, 2.05) is 61.0 Å². The van der Waals surface area contributed by atoms with Crippen LogP contribution in [0.5, 0.6) is 11.5 Å².